The van der Waals surface area contributed by atoms with Crippen LogP contribution in [0, 0.1) is 5.41 Å². The Bertz CT molecular complexity index is 1270. The fourth-order valence-electron chi connectivity index (χ4n) is 4.97. The van der Waals surface area contributed by atoms with Gasteiger partial charge in [-0.2, -0.15) is 11.8 Å². The first kappa shape index (κ1) is 28.9. The van der Waals surface area contributed by atoms with E-state index in [1.54, 1.807) is 0 Å². The highest BCUT2D eigenvalue weighted by Gasteiger charge is 2.45. The summed E-state index contributed by atoms with van der Waals surface area (Å²) in [6, 6.07) is 19.0. The maximum Gasteiger partial charge on any atom is 0.306 e. The summed E-state index contributed by atoms with van der Waals surface area (Å²) < 4.78 is 5.60. The zero-order chi connectivity index (χ0) is 25.7. The summed E-state index contributed by atoms with van der Waals surface area (Å²) in [6.45, 7) is 3.79. The molecule has 2 heterocycles. The molecule has 2 atom stereocenters. The van der Waals surface area contributed by atoms with E-state index in [0.29, 0.717) is 29.3 Å². The van der Waals surface area contributed by atoms with E-state index < -0.39 is 0 Å². The van der Waals surface area contributed by atoms with Gasteiger partial charge in [-0.15, -0.1) is 12.4 Å². The normalized spacial score (nSPS) is 18.8. The van der Waals surface area contributed by atoms with E-state index in [-0.39, 0.29) is 23.8 Å². The highest BCUT2D eigenvalue weighted by atomic mass is 35.5. The molecule has 1 N–H and O–H groups in total. The number of fused-ring (bicyclic) bond motifs is 1. The van der Waals surface area contributed by atoms with E-state index in [0.717, 1.165) is 60.1 Å². The first-order chi connectivity index (χ1) is 18.0. The van der Waals surface area contributed by atoms with Gasteiger partial charge in [0.15, 0.2) is 0 Å². The number of rotatable bonds is 11. The van der Waals surface area contributed by atoms with Crippen molar-refractivity contribution in [1.29, 1.82) is 0 Å². The standard InChI is InChI=1S/C31H35ClN2O2S.ClH/c1-2-29(37-21-31(14-15-31)19-30(35)36-20-27-7-4-16-33-27)24-6-3-5-22(17-24)8-12-26-13-10-23-9-11-25(32)18-28(23)34-26;/h3,5-6,8-13,17-18,27,29,33H,2,4,7,14-16,19-21H2,1H3;1H/t27?,29-;/m1./s1. The summed E-state index contributed by atoms with van der Waals surface area (Å²) in [4.78, 5) is 17.2. The third-order valence-electron chi connectivity index (χ3n) is 7.45. The molecular weight excluding hydrogens is 535 g/mol. The Morgan fingerprint density at radius 3 is 2.82 bits per heavy atom. The molecule has 1 aliphatic carbocycles. The molecule has 38 heavy (non-hydrogen) atoms. The number of hydrogen-bond acceptors (Lipinski definition) is 5. The van der Waals surface area contributed by atoms with Gasteiger partial charge in [-0.3, -0.25) is 4.79 Å². The van der Waals surface area contributed by atoms with E-state index in [2.05, 4.69) is 54.7 Å². The van der Waals surface area contributed by atoms with Crippen LogP contribution in [0.3, 0.4) is 0 Å². The van der Waals surface area contributed by atoms with Gasteiger partial charge in [0, 0.05) is 27.5 Å². The molecule has 0 bridgehead atoms. The summed E-state index contributed by atoms with van der Waals surface area (Å²) in [6.07, 6.45) is 10.3. The molecule has 4 nitrogen and oxygen atoms in total. The van der Waals surface area contributed by atoms with Crippen molar-refractivity contribution in [2.45, 2.75) is 56.7 Å². The van der Waals surface area contributed by atoms with Crippen molar-refractivity contribution >= 4 is 64.8 Å². The van der Waals surface area contributed by atoms with Crippen LogP contribution in [0.5, 0.6) is 0 Å². The molecule has 2 aromatic carbocycles. The first-order valence-electron chi connectivity index (χ1n) is 13.4. The summed E-state index contributed by atoms with van der Waals surface area (Å²) in [5.41, 5.74) is 4.43. The van der Waals surface area contributed by atoms with Crippen LogP contribution in [0.25, 0.3) is 23.1 Å². The fourth-order valence-corrected chi connectivity index (χ4v) is 6.66. The molecule has 0 radical (unpaired) electrons. The molecule has 5 rings (SSSR count). The third kappa shape index (κ3) is 7.75. The molecule has 1 aromatic heterocycles. The quantitative estimate of drug-likeness (QED) is 0.236. The molecule has 3 aromatic rings. The molecule has 1 aliphatic heterocycles. The number of thioether (sulfide) groups is 1. The van der Waals surface area contributed by atoms with E-state index >= 15 is 0 Å². The average molecular weight is 572 g/mol. The average Bonchev–Trinajstić information content (AvgIpc) is 3.45. The summed E-state index contributed by atoms with van der Waals surface area (Å²) in [5.74, 6) is 0.975. The monoisotopic (exact) mass is 570 g/mol. The van der Waals surface area contributed by atoms with Crippen LogP contribution in [-0.4, -0.2) is 35.9 Å². The maximum absolute atomic E-state index is 12.5. The van der Waals surface area contributed by atoms with Gasteiger partial charge in [0.2, 0.25) is 0 Å². The number of carbonyl (C=O) groups excluding carboxylic acids is 1. The molecule has 0 spiro atoms. The number of aromatic nitrogens is 1. The summed E-state index contributed by atoms with van der Waals surface area (Å²) in [5, 5.41) is 5.58. The second-order valence-corrected chi connectivity index (χ2v) is 12.1. The summed E-state index contributed by atoms with van der Waals surface area (Å²) in [7, 11) is 0. The van der Waals surface area contributed by atoms with Gasteiger partial charge in [-0.05, 0) is 79.5 Å². The Labute approximate surface area is 241 Å². The van der Waals surface area contributed by atoms with Crippen LogP contribution >= 0.6 is 35.8 Å². The highest BCUT2D eigenvalue weighted by Crippen LogP contribution is 2.53. The lowest BCUT2D eigenvalue weighted by Gasteiger charge is -2.20. The van der Waals surface area contributed by atoms with Crippen molar-refractivity contribution in [2.24, 2.45) is 5.41 Å². The Morgan fingerprint density at radius 1 is 1.21 bits per heavy atom. The van der Waals surface area contributed by atoms with Crippen LogP contribution in [0.2, 0.25) is 5.02 Å². The van der Waals surface area contributed by atoms with Crippen molar-refractivity contribution in [1.82, 2.24) is 10.3 Å². The molecule has 202 valence electrons. The Kier molecular flexibility index (Phi) is 10.2. The minimum absolute atomic E-state index is 0. The van der Waals surface area contributed by atoms with E-state index in [9.17, 15) is 4.79 Å². The maximum atomic E-state index is 12.5. The SMILES string of the molecule is CC[C@@H](SCC1(CC(=O)OCC2CCCN2)CC1)c1cccc(C=Cc2ccc3ccc(Cl)cc3n2)c1.Cl. The van der Waals surface area contributed by atoms with E-state index in [1.807, 2.05) is 36.0 Å². The molecular formula is C31H36Cl2N2O2S. The van der Waals surface area contributed by atoms with Crippen LogP contribution in [0.15, 0.2) is 54.6 Å². The third-order valence-corrected chi connectivity index (χ3v) is 9.47. The highest BCUT2D eigenvalue weighted by molar-refractivity contribution is 7.99. The van der Waals surface area contributed by atoms with Gasteiger partial charge in [-0.25, -0.2) is 4.98 Å². The number of hydrogen-bond donors (Lipinski definition) is 1. The number of halogens is 2. The second kappa shape index (κ2) is 13.3. The number of benzene rings is 2. The molecule has 7 heteroatoms. The van der Waals surface area contributed by atoms with Gasteiger partial charge < -0.3 is 10.1 Å². The second-order valence-electron chi connectivity index (χ2n) is 10.4. The van der Waals surface area contributed by atoms with Crippen LogP contribution in [0.4, 0.5) is 0 Å². The number of pyridine rings is 1. The van der Waals surface area contributed by atoms with Crippen molar-refractivity contribution < 1.29 is 9.53 Å². The number of esters is 1. The predicted molar refractivity (Wildman–Crippen MR) is 163 cm³/mol. The number of nitrogens with zero attached hydrogens (tertiary/aromatic N) is 1. The minimum atomic E-state index is -0.0310. The largest absolute Gasteiger partial charge is 0.464 e. The zero-order valence-electron chi connectivity index (χ0n) is 21.8. The predicted octanol–water partition coefficient (Wildman–Crippen LogP) is 8.13. The van der Waals surface area contributed by atoms with Crippen LogP contribution < -0.4 is 5.32 Å². The molecule has 2 aliphatic rings. The van der Waals surface area contributed by atoms with Crippen molar-refractivity contribution in [3.8, 4) is 0 Å². The smallest absolute Gasteiger partial charge is 0.306 e. The lowest BCUT2D eigenvalue weighted by molar-refractivity contribution is -0.145. The molecule has 1 unspecified atom stereocenters. The summed E-state index contributed by atoms with van der Waals surface area (Å²) >= 11 is 8.13. The number of carbonyl (C=O) groups is 1. The Balaban J connectivity index is 0.00000336. The lowest BCUT2D eigenvalue weighted by Crippen LogP contribution is -2.28. The van der Waals surface area contributed by atoms with E-state index in [1.165, 1.54) is 12.0 Å². The van der Waals surface area contributed by atoms with Crippen LogP contribution in [-0.2, 0) is 9.53 Å². The Hall–Kier alpha value is -2.05. The molecule has 1 saturated carbocycles. The van der Waals surface area contributed by atoms with Gasteiger partial charge >= 0.3 is 5.97 Å². The topological polar surface area (TPSA) is 51.2 Å². The number of ether oxygens (including phenoxy) is 1. The first-order valence-corrected chi connectivity index (χ1v) is 14.8. The van der Waals surface area contributed by atoms with Gasteiger partial charge in [-0.1, -0.05) is 61.0 Å². The number of nitrogens with one attached hydrogen (secondary N) is 1. The Morgan fingerprint density at radius 2 is 2.05 bits per heavy atom. The van der Waals surface area contributed by atoms with Gasteiger partial charge in [0.1, 0.15) is 6.61 Å². The molecule has 2 fully saturated rings. The van der Waals surface area contributed by atoms with Crippen molar-refractivity contribution in [3.05, 3.63) is 76.4 Å². The van der Waals surface area contributed by atoms with Gasteiger partial charge in [0.25, 0.3) is 0 Å². The van der Waals surface area contributed by atoms with Gasteiger partial charge in [0.05, 0.1) is 17.6 Å². The van der Waals surface area contributed by atoms with Crippen molar-refractivity contribution in [2.75, 3.05) is 18.9 Å². The fraction of sp³-hybridized carbons (Fsp3) is 0.419. The van der Waals surface area contributed by atoms with Crippen LogP contribution in [0.1, 0.15) is 67.5 Å². The molecule has 0 amide bonds. The zero-order valence-corrected chi connectivity index (χ0v) is 24.2. The molecule has 1 saturated heterocycles. The lowest BCUT2D eigenvalue weighted by atomic mass is 10.1. The van der Waals surface area contributed by atoms with Crippen molar-refractivity contribution in [3.63, 3.8) is 0 Å². The minimum Gasteiger partial charge on any atom is -0.464 e. The van der Waals surface area contributed by atoms with E-state index in [4.69, 9.17) is 21.3 Å².